The van der Waals surface area contributed by atoms with Crippen LogP contribution < -0.4 is 0 Å². The van der Waals surface area contributed by atoms with E-state index in [9.17, 15) is 4.79 Å². The van der Waals surface area contributed by atoms with Gasteiger partial charge < -0.3 is 0 Å². The molecular weight excluding hydrogens is 340 g/mol. The summed E-state index contributed by atoms with van der Waals surface area (Å²) in [7, 11) is 0. The number of nitrogens with zero attached hydrogens (tertiary/aromatic N) is 2. The van der Waals surface area contributed by atoms with E-state index in [1.54, 1.807) is 11.3 Å². The summed E-state index contributed by atoms with van der Waals surface area (Å²) in [5, 5.41) is 7.00. The maximum atomic E-state index is 12.9. The van der Waals surface area contributed by atoms with E-state index in [2.05, 4.69) is 63.4 Å². The predicted octanol–water partition coefficient (Wildman–Crippen LogP) is 5.98. The zero-order chi connectivity index (χ0) is 18.5. The molecule has 0 saturated carbocycles. The van der Waals surface area contributed by atoms with E-state index in [1.165, 1.54) is 5.56 Å². The summed E-state index contributed by atoms with van der Waals surface area (Å²) in [6.07, 6.45) is 1.45. The summed E-state index contributed by atoms with van der Waals surface area (Å²) in [6, 6.07) is 12.6. The third-order valence-electron chi connectivity index (χ3n) is 5.36. The maximum Gasteiger partial charge on any atom is 0.181 e. The second kappa shape index (κ2) is 6.20. The lowest BCUT2D eigenvalue weighted by Gasteiger charge is -2.30. The molecule has 1 aromatic carbocycles. The fourth-order valence-corrected chi connectivity index (χ4v) is 4.47. The summed E-state index contributed by atoms with van der Waals surface area (Å²) in [5.41, 5.74) is 5.02. The Labute approximate surface area is 158 Å². The van der Waals surface area contributed by atoms with Crippen molar-refractivity contribution >= 4 is 17.1 Å². The van der Waals surface area contributed by atoms with Crippen LogP contribution in [-0.2, 0) is 5.41 Å². The van der Waals surface area contributed by atoms with Crippen LogP contribution in [0.15, 0.2) is 41.8 Å². The van der Waals surface area contributed by atoms with Gasteiger partial charge in [-0.2, -0.15) is 5.10 Å². The van der Waals surface area contributed by atoms with Crippen LogP contribution in [0.4, 0.5) is 0 Å². The number of aromatic nitrogens is 2. The molecule has 2 heterocycles. The Hall–Kier alpha value is -2.20. The number of hydrogen-bond acceptors (Lipinski definition) is 3. The second-order valence-corrected chi connectivity index (χ2v) is 8.96. The highest BCUT2D eigenvalue weighted by Crippen LogP contribution is 2.44. The topological polar surface area (TPSA) is 34.9 Å². The van der Waals surface area contributed by atoms with E-state index in [0.717, 1.165) is 33.9 Å². The van der Waals surface area contributed by atoms with Crippen molar-refractivity contribution in [2.75, 3.05) is 0 Å². The molecular formula is C22H24N2OS. The van der Waals surface area contributed by atoms with Gasteiger partial charge >= 0.3 is 0 Å². The van der Waals surface area contributed by atoms with Crippen LogP contribution >= 0.6 is 11.3 Å². The molecule has 0 fully saturated rings. The molecule has 4 rings (SSSR count). The zero-order valence-electron chi connectivity index (χ0n) is 15.7. The van der Waals surface area contributed by atoms with Gasteiger partial charge in [0, 0.05) is 12.0 Å². The van der Waals surface area contributed by atoms with Crippen molar-refractivity contribution in [1.29, 1.82) is 0 Å². The number of fused-ring (bicyclic) bond motifs is 1. The Balaban J connectivity index is 1.95. The SMILES string of the molecule is CC(C)c1ccc(-n2nc(-c3cccs3)c3c2C(=O)CCC3(C)C)cc1. The van der Waals surface area contributed by atoms with Gasteiger partial charge in [-0.1, -0.05) is 45.9 Å². The van der Waals surface area contributed by atoms with Gasteiger partial charge in [0.05, 0.1) is 10.6 Å². The molecule has 134 valence electrons. The smallest absolute Gasteiger partial charge is 0.181 e. The molecule has 2 aromatic heterocycles. The first-order valence-corrected chi connectivity index (χ1v) is 10.1. The van der Waals surface area contributed by atoms with Crippen LogP contribution in [0.25, 0.3) is 16.3 Å². The van der Waals surface area contributed by atoms with Crippen molar-refractivity contribution in [2.45, 2.75) is 51.9 Å². The minimum absolute atomic E-state index is 0.0569. The normalized spacial score (nSPS) is 16.1. The molecule has 0 radical (unpaired) electrons. The van der Waals surface area contributed by atoms with Gasteiger partial charge in [0.15, 0.2) is 5.78 Å². The van der Waals surface area contributed by atoms with Crippen molar-refractivity contribution in [3.63, 3.8) is 0 Å². The third kappa shape index (κ3) is 2.73. The average Bonchev–Trinajstić information content (AvgIpc) is 3.26. The van der Waals surface area contributed by atoms with Gasteiger partial charge in [-0.15, -0.1) is 11.3 Å². The highest BCUT2D eigenvalue weighted by atomic mass is 32.1. The average molecular weight is 365 g/mol. The second-order valence-electron chi connectivity index (χ2n) is 8.01. The Morgan fingerprint density at radius 1 is 1.15 bits per heavy atom. The van der Waals surface area contributed by atoms with Crippen LogP contribution in [0, 0.1) is 0 Å². The molecule has 3 aromatic rings. The number of rotatable bonds is 3. The Morgan fingerprint density at radius 3 is 2.50 bits per heavy atom. The van der Waals surface area contributed by atoms with Crippen LogP contribution in [-0.4, -0.2) is 15.6 Å². The molecule has 1 aliphatic carbocycles. The van der Waals surface area contributed by atoms with Gasteiger partial charge in [-0.3, -0.25) is 4.79 Å². The number of ketones is 1. The van der Waals surface area contributed by atoms with Gasteiger partial charge in [0.2, 0.25) is 0 Å². The Morgan fingerprint density at radius 2 is 1.88 bits per heavy atom. The van der Waals surface area contributed by atoms with Crippen LogP contribution in [0.1, 0.15) is 68.1 Å². The van der Waals surface area contributed by atoms with E-state index >= 15 is 0 Å². The summed E-state index contributed by atoms with van der Waals surface area (Å²) >= 11 is 1.68. The van der Waals surface area contributed by atoms with E-state index in [1.807, 2.05) is 10.7 Å². The summed E-state index contributed by atoms with van der Waals surface area (Å²) in [5.74, 6) is 0.681. The fraction of sp³-hybridized carbons (Fsp3) is 0.364. The van der Waals surface area contributed by atoms with Gasteiger partial charge in [-0.25, -0.2) is 4.68 Å². The minimum atomic E-state index is -0.0569. The lowest BCUT2D eigenvalue weighted by Crippen LogP contribution is -2.28. The number of Topliss-reactive ketones (excluding diaryl/α,β-unsaturated/α-hetero) is 1. The van der Waals surface area contributed by atoms with Gasteiger partial charge in [-0.05, 0) is 46.9 Å². The van der Waals surface area contributed by atoms with Gasteiger partial charge in [0.25, 0.3) is 0 Å². The molecule has 4 heteroatoms. The summed E-state index contributed by atoms with van der Waals surface area (Å²) in [4.78, 5) is 14.0. The Bertz CT molecular complexity index is 947. The summed E-state index contributed by atoms with van der Waals surface area (Å²) in [6.45, 7) is 8.82. The third-order valence-corrected chi connectivity index (χ3v) is 6.24. The summed E-state index contributed by atoms with van der Waals surface area (Å²) < 4.78 is 1.87. The molecule has 0 bridgehead atoms. The molecule has 0 spiro atoms. The van der Waals surface area contributed by atoms with E-state index in [0.29, 0.717) is 12.3 Å². The monoisotopic (exact) mass is 364 g/mol. The molecule has 0 aliphatic heterocycles. The minimum Gasteiger partial charge on any atom is -0.292 e. The molecule has 0 saturated heterocycles. The van der Waals surface area contributed by atoms with Crippen LogP contribution in [0.5, 0.6) is 0 Å². The molecule has 1 aliphatic rings. The molecule has 3 nitrogen and oxygen atoms in total. The van der Waals surface area contributed by atoms with Crippen molar-refractivity contribution < 1.29 is 4.79 Å². The van der Waals surface area contributed by atoms with Crippen molar-refractivity contribution in [1.82, 2.24) is 9.78 Å². The van der Waals surface area contributed by atoms with Gasteiger partial charge in [0.1, 0.15) is 11.4 Å². The highest BCUT2D eigenvalue weighted by Gasteiger charge is 2.39. The molecule has 0 N–H and O–H groups in total. The molecule has 0 unspecified atom stereocenters. The highest BCUT2D eigenvalue weighted by molar-refractivity contribution is 7.13. The van der Waals surface area contributed by atoms with Crippen molar-refractivity contribution in [3.8, 4) is 16.3 Å². The quantitative estimate of drug-likeness (QED) is 0.573. The Kier molecular flexibility index (Phi) is 4.11. The number of hydrogen-bond donors (Lipinski definition) is 0. The molecule has 0 amide bonds. The predicted molar refractivity (Wildman–Crippen MR) is 108 cm³/mol. The van der Waals surface area contributed by atoms with Crippen LogP contribution in [0.3, 0.4) is 0 Å². The molecule has 0 atom stereocenters. The largest absolute Gasteiger partial charge is 0.292 e. The number of carbonyl (C=O) groups excluding carboxylic acids is 1. The number of carbonyl (C=O) groups is 1. The number of thiophene rings is 1. The van der Waals surface area contributed by atoms with Crippen LogP contribution in [0.2, 0.25) is 0 Å². The van der Waals surface area contributed by atoms with E-state index < -0.39 is 0 Å². The van der Waals surface area contributed by atoms with Crippen molar-refractivity contribution in [2.24, 2.45) is 0 Å². The van der Waals surface area contributed by atoms with Crippen molar-refractivity contribution in [3.05, 3.63) is 58.6 Å². The lowest BCUT2D eigenvalue weighted by atomic mass is 9.73. The molecule has 26 heavy (non-hydrogen) atoms. The van der Waals surface area contributed by atoms with E-state index in [-0.39, 0.29) is 11.2 Å². The first-order valence-electron chi connectivity index (χ1n) is 9.19. The lowest BCUT2D eigenvalue weighted by molar-refractivity contribution is 0.0949. The fourth-order valence-electron chi connectivity index (χ4n) is 3.76. The standard InChI is InChI=1S/C22H24N2OS/c1-14(2)15-7-9-16(10-8-15)24-21-17(25)11-12-22(3,4)19(21)20(23-24)18-6-5-13-26-18/h5-10,13-14H,11-12H2,1-4H3. The maximum absolute atomic E-state index is 12.9. The number of benzene rings is 1. The first-order chi connectivity index (χ1) is 12.4. The first kappa shape index (κ1) is 17.2. The zero-order valence-corrected chi connectivity index (χ0v) is 16.6. The van der Waals surface area contributed by atoms with E-state index in [4.69, 9.17) is 5.10 Å².